The van der Waals surface area contributed by atoms with Gasteiger partial charge in [0.15, 0.2) is 0 Å². The van der Waals surface area contributed by atoms with Crippen LogP contribution in [0.1, 0.15) is 72.1 Å². The lowest BCUT2D eigenvalue weighted by Crippen LogP contribution is -2.51. The highest BCUT2D eigenvalue weighted by Gasteiger charge is 2.42. The average molecular weight is 214 g/mol. The van der Waals surface area contributed by atoms with Crippen molar-refractivity contribution in [3.8, 4) is 0 Å². The smallest absolute Gasteiger partial charge is 0.127 e. The highest BCUT2D eigenvalue weighted by atomic mass is 17.3. The average Bonchev–Trinajstić information content (AvgIpc) is 2.20. The van der Waals surface area contributed by atoms with Gasteiger partial charge < -0.3 is 0 Å². The van der Waals surface area contributed by atoms with E-state index in [1.54, 1.807) is 0 Å². The quantitative estimate of drug-likeness (QED) is 0.444. The van der Waals surface area contributed by atoms with E-state index in [-0.39, 0.29) is 5.60 Å². The Morgan fingerprint density at radius 2 is 1.53 bits per heavy atom. The van der Waals surface area contributed by atoms with Gasteiger partial charge in [0.1, 0.15) is 11.7 Å². The van der Waals surface area contributed by atoms with Crippen molar-refractivity contribution in [3.05, 3.63) is 0 Å². The van der Waals surface area contributed by atoms with Gasteiger partial charge in [-0.05, 0) is 20.3 Å². The summed E-state index contributed by atoms with van der Waals surface area (Å²) in [7, 11) is 0. The minimum atomic E-state index is -0.0395. The van der Waals surface area contributed by atoms with E-state index in [1.807, 2.05) is 0 Å². The molecule has 0 spiro atoms. The van der Waals surface area contributed by atoms with Crippen LogP contribution in [0.25, 0.3) is 0 Å². The second-order valence-corrected chi connectivity index (χ2v) is 5.18. The predicted octanol–water partition coefficient (Wildman–Crippen LogP) is 4.24. The van der Waals surface area contributed by atoms with Gasteiger partial charge in [0, 0.05) is 0 Å². The van der Waals surface area contributed by atoms with Gasteiger partial charge >= 0.3 is 0 Å². The maximum Gasteiger partial charge on any atom is 0.127 e. The molecule has 0 aromatic carbocycles. The number of rotatable bonds is 8. The van der Waals surface area contributed by atoms with E-state index in [0.29, 0.717) is 6.10 Å². The molecule has 90 valence electrons. The van der Waals surface area contributed by atoms with Crippen molar-refractivity contribution in [2.75, 3.05) is 0 Å². The van der Waals surface area contributed by atoms with Crippen LogP contribution in [0.2, 0.25) is 0 Å². The van der Waals surface area contributed by atoms with Crippen molar-refractivity contribution < 1.29 is 9.78 Å². The van der Waals surface area contributed by atoms with Crippen LogP contribution in [0, 0.1) is 0 Å². The lowest BCUT2D eigenvalue weighted by atomic mass is 9.94. The normalized spacial score (nSPS) is 23.8. The van der Waals surface area contributed by atoms with Crippen LogP contribution in [0.4, 0.5) is 0 Å². The molecule has 1 rings (SSSR count). The largest absolute Gasteiger partial charge is 0.230 e. The Balaban J connectivity index is 1.85. The van der Waals surface area contributed by atoms with Gasteiger partial charge in [-0.15, -0.1) is 0 Å². The maximum atomic E-state index is 5.09. The third-order valence-electron chi connectivity index (χ3n) is 3.22. The fraction of sp³-hybridized carbons (Fsp3) is 1.00. The molecule has 1 saturated heterocycles. The van der Waals surface area contributed by atoms with Gasteiger partial charge in [-0.25, -0.2) is 9.78 Å². The molecule has 0 aliphatic carbocycles. The maximum absolute atomic E-state index is 5.09. The molecule has 1 aliphatic rings. The monoisotopic (exact) mass is 214 g/mol. The summed E-state index contributed by atoms with van der Waals surface area (Å²) in [6.45, 7) is 6.46. The lowest BCUT2D eigenvalue weighted by Gasteiger charge is -2.41. The Morgan fingerprint density at radius 3 is 2.00 bits per heavy atom. The molecule has 0 amide bonds. The Hall–Kier alpha value is -0.0800. The summed E-state index contributed by atoms with van der Waals surface area (Å²) >= 11 is 0. The zero-order valence-electron chi connectivity index (χ0n) is 10.6. The number of unbranched alkanes of at least 4 members (excludes halogenated alkanes) is 6. The van der Waals surface area contributed by atoms with Crippen LogP contribution >= 0.6 is 0 Å². The molecular formula is C13H26O2. The number of hydrogen-bond acceptors (Lipinski definition) is 2. The van der Waals surface area contributed by atoms with Crippen LogP contribution in [0.15, 0.2) is 0 Å². The SMILES string of the molecule is CCCCCCCCCC1OOC1(C)C. The highest BCUT2D eigenvalue weighted by molar-refractivity contribution is 4.83. The molecule has 1 atom stereocenters. The Labute approximate surface area is 94.3 Å². The molecule has 0 radical (unpaired) electrons. The van der Waals surface area contributed by atoms with Crippen LogP contribution in [-0.4, -0.2) is 11.7 Å². The van der Waals surface area contributed by atoms with E-state index < -0.39 is 0 Å². The molecule has 2 nitrogen and oxygen atoms in total. The van der Waals surface area contributed by atoms with E-state index >= 15 is 0 Å². The summed E-state index contributed by atoms with van der Waals surface area (Å²) in [6.07, 6.45) is 11.0. The summed E-state index contributed by atoms with van der Waals surface area (Å²) < 4.78 is 0. The molecule has 0 saturated carbocycles. The predicted molar refractivity (Wildman–Crippen MR) is 62.6 cm³/mol. The van der Waals surface area contributed by atoms with Crippen LogP contribution in [0.3, 0.4) is 0 Å². The van der Waals surface area contributed by atoms with Gasteiger partial charge in [-0.2, -0.15) is 0 Å². The zero-order valence-corrected chi connectivity index (χ0v) is 10.6. The minimum absolute atomic E-state index is 0.0395. The second kappa shape index (κ2) is 6.49. The first-order valence-electron chi connectivity index (χ1n) is 6.51. The van der Waals surface area contributed by atoms with E-state index in [1.165, 1.54) is 44.9 Å². The zero-order chi connectivity index (χ0) is 11.1. The van der Waals surface area contributed by atoms with E-state index in [9.17, 15) is 0 Å². The van der Waals surface area contributed by atoms with Gasteiger partial charge in [0.2, 0.25) is 0 Å². The van der Waals surface area contributed by atoms with Crippen LogP contribution in [-0.2, 0) is 9.78 Å². The summed E-state index contributed by atoms with van der Waals surface area (Å²) in [4.78, 5) is 10.1. The van der Waals surface area contributed by atoms with Crippen molar-refractivity contribution in [1.29, 1.82) is 0 Å². The van der Waals surface area contributed by atoms with Crippen molar-refractivity contribution in [2.24, 2.45) is 0 Å². The molecule has 0 bridgehead atoms. The lowest BCUT2D eigenvalue weighted by molar-refractivity contribution is -0.501. The van der Waals surface area contributed by atoms with E-state index in [0.717, 1.165) is 6.42 Å². The first kappa shape index (κ1) is 13.0. The summed E-state index contributed by atoms with van der Waals surface area (Å²) in [5.41, 5.74) is -0.0395. The van der Waals surface area contributed by atoms with Gasteiger partial charge in [0.05, 0.1) is 0 Å². The molecule has 15 heavy (non-hydrogen) atoms. The topological polar surface area (TPSA) is 18.5 Å². The Morgan fingerprint density at radius 1 is 0.933 bits per heavy atom. The fourth-order valence-electron chi connectivity index (χ4n) is 1.99. The minimum Gasteiger partial charge on any atom is -0.230 e. The molecule has 1 heterocycles. The summed E-state index contributed by atoms with van der Waals surface area (Å²) in [6, 6.07) is 0. The first-order valence-corrected chi connectivity index (χ1v) is 6.51. The summed E-state index contributed by atoms with van der Waals surface area (Å²) in [5.74, 6) is 0. The molecular weight excluding hydrogens is 188 g/mol. The van der Waals surface area contributed by atoms with Gasteiger partial charge in [-0.3, -0.25) is 0 Å². The molecule has 0 N–H and O–H groups in total. The molecule has 1 unspecified atom stereocenters. The van der Waals surface area contributed by atoms with Crippen molar-refractivity contribution in [2.45, 2.75) is 83.8 Å². The molecule has 1 aliphatic heterocycles. The Kier molecular flexibility index (Phi) is 5.62. The molecule has 2 heteroatoms. The standard InChI is InChI=1S/C13H26O2/c1-4-5-6-7-8-9-10-11-12-13(2,3)15-14-12/h12H,4-11H2,1-3H3. The second-order valence-electron chi connectivity index (χ2n) is 5.18. The van der Waals surface area contributed by atoms with Gasteiger partial charge in [-0.1, -0.05) is 51.9 Å². The fourth-order valence-corrected chi connectivity index (χ4v) is 1.99. The van der Waals surface area contributed by atoms with E-state index in [4.69, 9.17) is 9.78 Å². The van der Waals surface area contributed by atoms with Crippen LogP contribution < -0.4 is 0 Å². The summed E-state index contributed by atoms with van der Waals surface area (Å²) in [5, 5.41) is 0. The number of hydrogen-bond donors (Lipinski definition) is 0. The molecule has 0 aromatic rings. The highest BCUT2D eigenvalue weighted by Crippen LogP contribution is 2.32. The van der Waals surface area contributed by atoms with Crippen molar-refractivity contribution in [3.63, 3.8) is 0 Å². The first-order chi connectivity index (χ1) is 7.17. The van der Waals surface area contributed by atoms with Crippen molar-refractivity contribution >= 4 is 0 Å². The molecule has 1 fully saturated rings. The van der Waals surface area contributed by atoms with Crippen LogP contribution in [0.5, 0.6) is 0 Å². The van der Waals surface area contributed by atoms with Crippen molar-refractivity contribution in [1.82, 2.24) is 0 Å². The van der Waals surface area contributed by atoms with E-state index in [2.05, 4.69) is 20.8 Å². The third kappa shape index (κ3) is 4.52. The third-order valence-corrected chi connectivity index (χ3v) is 3.22. The Bertz CT molecular complexity index is 166. The molecule has 0 aromatic heterocycles. The van der Waals surface area contributed by atoms with Gasteiger partial charge in [0.25, 0.3) is 0 Å².